The summed E-state index contributed by atoms with van der Waals surface area (Å²) in [6.45, 7) is 0. The minimum Gasteiger partial charge on any atom is -0.790 e. The first-order valence-corrected chi connectivity index (χ1v) is 10.1. The van der Waals surface area contributed by atoms with E-state index in [2.05, 4.69) is 13.6 Å². The zero-order chi connectivity index (χ0) is 19.1. The van der Waals surface area contributed by atoms with E-state index in [9.17, 15) is 58.4 Å². The summed E-state index contributed by atoms with van der Waals surface area (Å²) in [5.74, 6) is 0. The third kappa shape index (κ3) is 18.5. The Balaban J connectivity index is -0.000000240. The Kier molecular flexibility index (Phi) is 33.1. The molecule has 0 aliphatic heterocycles. The predicted octanol–water partition coefficient (Wildman–Crippen LogP) is -25.3. The number of phosphoric acid groups is 3. The van der Waals surface area contributed by atoms with E-state index >= 15 is 0 Å². The van der Waals surface area contributed by atoms with E-state index in [-0.39, 0.29) is 177 Å². The number of aliphatic hydroxyl groups excluding tert-OH is 3. The normalized spacial score (nSPS) is 28.7. The molecule has 24 heteroatoms. The molecule has 0 aromatic rings. The topological polar surface area (TPSA) is 278 Å². The minimum absolute atomic E-state index is 0. The van der Waals surface area contributed by atoms with Gasteiger partial charge >= 0.3 is 177 Å². The molecule has 0 aromatic carbocycles. The van der Waals surface area contributed by atoms with Crippen LogP contribution < -0.4 is 207 Å². The molecule has 0 spiro atoms. The van der Waals surface area contributed by atoms with Crippen LogP contribution in [-0.2, 0) is 27.3 Å². The molecule has 15 nitrogen and oxygen atoms in total. The van der Waals surface area contributed by atoms with Gasteiger partial charge in [0.1, 0.15) is 36.6 Å². The first kappa shape index (κ1) is 49.2. The molecule has 0 radical (unpaired) electrons. The molecule has 30 heavy (non-hydrogen) atoms. The smallest absolute Gasteiger partial charge is 0.790 e. The van der Waals surface area contributed by atoms with E-state index in [4.69, 9.17) is 0 Å². The van der Waals surface area contributed by atoms with Crippen LogP contribution in [0.3, 0.4) is 0 Å². The van der Waals surface area contributed by atoms with Gasteiger partial charge in [0.2, 0.25) is 0 Å². The van der Waals surface area contributed by atoms with Gasteiger partial charge in [0, 0.05) is 0 Å². The standard InChI is InChI=1S/C6H15O15P3.6Na/c7-1-2(8)5(20-23(13,14)15)6(21-24(16,17)18)3(9)4(1)19-22(10,11)12;;;;;;/h1-9H,(H2,10,11,12)(H2,13,14,15)(H2,16,17,18);;;;;;/q;6*+1/p-6/t1-,2+,3-,4+,5+,6+;;;;;;/m1....../s1. The van der Waals surface area contributed by atoms with Crippen LogP contribution in [0.4, 0.5) is 0 Å². The van der Waals surface area contributed by atoms with Gasteiger partial charge in [0.25, 0.3) is 0 Å². The molecule has 0 heterocycles. The Labute approximate surface area is 303 Å². The van der Waals surface area contributed by atoms with Gasteiger partial charge in [0.05, 0.1) is 23.5 Å². The van der Waals surface area contributed by atoms with E-state index in [0.29, 0.717) is 0 Å². The number of hydrogen-bond acceptors (Lipinski definition) is 15. The zero-order valence-electron chi connectivity index (χ0n) is 17.0. The number of aliphatic hydroxyl groups is 3. The summed E-state index contributed by atoms with van der Waals surface area (Å²) in [5, 5.41) is 28.9. The van der Waals surface area contributed by atoms with Gasteiger partial charge in [-0.25, -0.2) is 0 Å². The van der Waals surface area contributed by atoms with Crippen LogP contribution in [0.15, 0.2) is 0 Å². The largest absolute Gasteiger partial charge is 1.00 e. The van der Waals surface area contributed by atoms with Crippen molar-refractivity contribution in [3.63, 3.8) is 0 Å². The first-order valence-electron chi connectivity index (χ1n) is 5.67. The SMILES string of the molecule is O=P([O-])([O-])O[C@H]1[C@H](O)[C@H](O)[C@H](OP(=O)([O-])[O-])[C@@H](OP(=O)([O-])[O-])[C@@H]1O.[Na+].[Na+].[Na+].[Na+].[Na+].[Na+]. The monoisotopic (exact) mass is 552 g/mol. The molecule has 1 rings (SSSR count). The molecule has 0 aromatic heterocycles. The quantitative estimate of drug-likeness (QED) is 0.204. The van der Waals surface area contributed by atoms with E-state index in [1.54, 1.807) is 0 Å². The molecular weight excluding hydrogens is 543 g/mol. The zero-order valence-corrected chi connectivity index (χ0v) is 31.7. The molecule has 0 saturated heterocycles. The Morgan fingerprint density at radius 3 is 0.933 bits per heavy atom. The van der Waals surface area contributed by atoms with Crippen molar-refractivity contribution in [2.75, 3.05) is 0 Å². The Bertz CT molecular complexity index is 595. The molecule has 6 atom stereocenters. The third-order valence-electron chi connectivity index (χ3n) is 2.77. The summed E-state index contributed by atoms with van der Waals surface area (Å²) >= 11 is 0. The van der Waals surface area contributed by atoms with Crippen LogP contribution in [0.1, 0.15) is 0 Å². The molecule has 1 saturated carbocycles. The fourth-order valence-corrected chi connectivity index (χ4v) is 3.62. The van der Waals surface area contributed by atoms with Crippen molar-refractivity contribution in [2.45, 2.75) is 36.6 Å². The van der Waals surface area contributed by atoms with Crippen molar-refractivity contribution in [3.8, 4) is 0 Å². The van der Waals surface area contributed by atoms with Gasteiger partial charge in [-0.2, -0.15) is 0 Å². The fourth-order valence-electron chi connectivity index (χ4n) is 1.98. The summed E-state index contributed by atoms with van der Waals surface area (Å²) in [6, 6.07) is 0. The average molecular weight is 552 g/mol. The molecule has 144 valence electrons. The van der Waals surface area contributed by atoms with E-state index in [0.717, 1.165) is 0 Å². The maximum absolute atomic E-state index is 10.6. The Morgan fingerprint density at radius 2 is 0.667 bits per heavy atom. The number of rotatable bonds is 6. The van der Waals surface area contributed by atoms with Crippen molar-refractivity contribution >= 4 is 23.5 Å². The van der Waals surface area contributed by atoms with Gasteiger partial charge in [-0.15, -0.1) is 0 Å². The van der Waals surface area contributed by atoms with Crippen molar-refractivity contribution in [1.82, 2.24) is 0 Å². The first-order chi connectivity index (χ1) is 10.5. The summed E-state index contributed by atoms with van der Waals surface area (Å²) in [7, 11) is -17.9. The van der Waals surface area contributed by atoms with Crippen LogP contribution >= 0.6 is 23.5 Å². The summed E-state index contributed by atoms with van der Waals surface area (Å²) < 4.78 is 43.0. The molecule has 0 bridgehead atoms. The summed E-state index contributed by atoms with van der Waals surface area (Å²) in [6.07, 6.45) is -15.7. The summed E-state index contributed by atoms with van der Waals surface area (Å²) in [5.41, 5.74) is 0. The van der Waals surface area contributed by atoms with Crippen molar-refractivity contribution < 1.29 is 249 Å². The van der Waals surface area contributed by atoms with Gasteiger partial charge in [0.15, 0.2) is 0 Å². The Hall–Kier alpha value is 6.21. The van der Waals surface area contributed by atoms with Gasteiger partial charge < -0.3 is 71.9 Å². The molecule has 1 fully saturated rings. The van der Waals surface area contributed by atoms with Crippen molar-refractivity contribution in [1.29, 1.82) is 0 Å². The van der Waals surface area contributed by atoms with E-state index in [1.165, 1.54) is 0 Å². The number of phosphoric ester groups is 3. The fraction of sp³-hybridized carbons (Fsp3) is 1.00. The predicted molar refractivity (Wildman–Crippen MR) is 55.5 cm³/mol. The van der Waals surface area contributed by atoms with E-state index in [1.807, 2.05) is 0 Å². The van der Waals surface area contributed by atoms with Crippen LogP contribution in [0.25, 0.3) is 0 Å². The number of hydrogen-bond donors (Lipinski definition) is 3. The average Bonchev–Trinajstić information content (AvgIpc) is 2.32. The second-order valence-corrected chi connectivity index (χ2v) is 7.84. The third-order valence-corrected chi connectivity index (χ3v) is 4.28. The van der Waals surface area contributed by atoms with Crippen LogP contribution in [0.5, 0.6) is 0 Å². The van der Waals surface area contributed by atoms with Crippen LogP contribution in [0, 0.1) is 0 Å². The van der Waals surface area contributed by atoms with E-state index < -0.39 is 60.1 Å². The molecule has 3 N–H and O–H groups in total. The molecule has 1 aliphatic rings. The molecule has 0 amide bonds. The second-order valence-electron chi connectivity index (χ2n) is 4.52. The molecule has 1 aliphatic carbocycles. The summed E-state index contributed by atoms with van der Waals surface area (Å²) in [4.78, 5) is 63.6. The van der Waals surface area contributed by atoms with Gasteiger partial charge in [-0.05, 0) is 0 Å². The van der Waals surface area contributed by atoms with Crippen molar-refractivity contribution in [2.24, 2.45) is 0 Å². The minimum atomic E-state index is -6.01. The molecular formula is C6H9Na6O15P3. The second kappa shape index (κ2) is 20.2. The van der Waals surface area contributed by atoms with Gasteiger partial charge in [-0.3, -0.25) is 0 Å². The van der Waals surface area contributed by atoms with Crippen molar-refractivity contribution in [3.05, 3.63) is 0 Å². The van der Waals surface area contributed by atoms with Gasteiger partial charge in [-0.1, -0.05) is 0 Å². The van der Waals surface area contributed by atoms with Crippen LogP contribution in [0.2, 0.25) is 0 Å². The molecule has 0 unspecified atom stereocenters. The maximum Gasteiger partial charge on any atom is 1.00 e. The maximum atomic E-state index is 10.6. The van der Waals surface area contributed by atoms with Crippen LogP contribution in [-0.4, -0.2) is 51.9 Å². The Morgan fingerprint density at radius 1 is 0.467 bits per heavy atom.